The Labute approximate surface area is 136 Å². The predicted molar refractivity (Wildman–Crippen MR) is 93.1 cm³/mol. The molecule has 0 radical (unpaired) electrons. The third kappa shape index (κ3) is 3.30. The Hall–Kier alpha value is -2.11. The van der Waals surface area contributed by atoms with Crippen LogP contribution in [0, 0.1) is 13.8 Å². The van der Waals surface area contributed by atoms with E-state index in [0.29, 0.717) is 17.9 Å². The van der Waals surface area contributed by atoms with E-state index >= 15 is 0 Å². The van der Waals surface area contributed by atoms with Gasteiger partial charge in [0.2, 0.25) is 10.0 Å². The molecule has 0 aliphatic rings. The molecule has 1 aromatic heterocycles. The zero-order chi connectivity index (χ0) is 16.4. The van der Waals surface area contributed by atoms with Crippen LogP contribution in [0.4, 0.5) is 0 Å². The monoisotopic (exact) mass is 328 g/mol. The first-order valence-corrected chi connectivity index (χ1v) is 9.07. The van der Waals surface area contributed by atoms with E-state index in [1.54, 1.807) is 24.3 Å². The Morgan fingerprint density at radius 1 is 1.04 bits per heavy atom. The lowest BCUT2D eigenvalue weighted by atomic mass is 10.1. The second-order valence-electron chi connectivity index (χ2n) is 5.77. The van der Waals surface area contributed by atoms with E-state index in [2.05, 4.69) is 22.7 Å². The lowest BCUT2D eigenvalue weighted by Gasteiger charge is -2.07. The number of aryl methyl sites for hydroxylation is 2. The molecule has 0 unspecified atom stereocenters. The van der Waals surface area contributed by atoms with Crippen molar-refractivity contribution in [2.24, 2.45) is 0 Å². The van der Waals surface area contributed by atoms with Crippen LogP contribution in [-0.2, 0) is 16.4 Å². The molecule has 0 saturated heterocycles. The van der Waals surface area contributed by atoms with Gasteiger partial charge in [0.1, 0.15) is 0 Å². The first kappa shape index (κ1) is 15.8. The van der Waals surface area contributed by atoms with Crippen LogP contribution in [0.2, 0.25) is 0 Å². The molecule has 0 fully saturated rings. The number of hydrogen-bond acceptors (Lipinski definition) is 2. The number of aromatic amines is 1. The number of sulfonamides is 1. The number of hydrogen-bond donors (Lipinski definition) is 2. The van der Waals surface area contributed by atoms with Gasteiger partial charge in [-0.05, 0) is 49.6 Å². The molecule has 1 heterocycles. The Morgan fingerprint density at radius 2 is 1.78 bits per heavy atom. The van der Waals surface area contributed by atoms with E-state index in [0.717, 1.165) is 16.6 Å². The summed E-state index contributed by atoms with van der Waals surface area (Å²) in [6, 6.07) is 13.0. The van der Waals surface area contributed by atoms with Gasteiger partial charge >= 0.3 is 0 Å². The lowest BCUT2D eigenvalue weighted by Crippen LogP contribution is -2.25. The van der Waals surface area contributed by atoms with Gasteiger partial charge in [0, 0.05) is 23.6 Å². The highest BCUT2D eigenvalue weighted by Gasteiger charge is 2.13. The maximum absolute atomic E-state index is 12.3. The van der Waals surface area contributed by atoms with E-state index in [1.165, 1.54) is 10.9 Å². The maximum Gasteiger partial charge on any atom is 0.240 e. The molecule has 3 aromatic rings. The van der Waals surface area contributed by atoms with Gasteiger partial charge in [0.25, 0.3) is 0 Å². The molecule has 3 rings (SSSR count). The van der Waals surface area contributed by atoms with Gasteiger partial charge in [0.15, 0.2) is 0 Å². The van der Waals surface area contributed by atoms with E-state index in [9.17, 15) is 8.42 Å². The quantitative estimate of drug-likeness (QED) is 0.755. The van der Waals surface area contributed by atoms with Crippen LogP contribution in [0.3, 0.4) is 0 Å². The first-order valence-electron chi connectivity index (χ1n) is 7.59. The van der Waals surface area contributed by atoms with Crippen LogP contribution in [-0.4, -0.2) is 19.9 Å². The van der Waals surface area contributed by atoms with Gasteiger partial charge in [-0.15, -0.1) is 0 Å². The maximum atomic E-state index is 12.3. The standard InChI is InChI=1S/C18H20N2O2S/c1-13-6-8-16(9-7-13)23(21,22)20-11-10-15-12-19-17-5-3-4-14(2)18(15)17/h3-9,12,19-20H,10-11H2,1-2H3. The molecular formula is C18H20N2O2S. The largest absolute Gasteiger partial charge is 0.361 e. The summed E-state index contributed by atoms with van der Waals surface area (Å²) in [6.45, 7) is 4.37. The molecule has 4 nitrogen and oxygen atoms in total. The van der Waals surface area contributed by atoms with Crippen molar-refractivity contribution in [3.63, 3.8) is 0 Å². The molecule has 0 amide bonds. The third-order valence-electron chi connectivity index (χ3n) is 4.01. The van der Waals surface area contributed by atoms with Gasteiger partial charge in [-0.2, -0.15) is 0 Å². The van der Waals surface area contributed by atoms with Crippen molar-refractivity contribution in [3.8, 4) is 0 Å². The summed E-state index contributed by atoms with van der Waals surface area (Å²) < 4.78 is 27.2. The van der Waals surface area contributed by atoms with Crippen molar-refractivity contribution < 1.29 is 8.42 Å². The van der Waals surface area contributed by atoms with Crippen LogP contribution in [0.5, 0.6) is 0 Å². The zero-order valence-corrected chi connectivity index (χ0v) is 14.1. The fourth-order valence-corrected chi connectivity index (χ4v) is 3.80. The molecule has 120 valence electrons. The highest BCUT2D eigenvalue weighted by Crippen LogP contribution is 2.22. The summed E-state index contributed by atoms with van der Waals surface area (Å²) in [6.07, 6.45) is 2.60. The molecule has 5 heteroatoms. The van der Waals surface area contributed by atoms with E-state index in [4.69, 9.17) is 0 Å². The number of fused-ring (bicyclic) bond motifs is 1. The number of H-pyrrole nitrogens is 1. The average Bonchev–Trinajstić information content (AvgIpc) is 2.92. The summed E-state index contributed by atoms with van der Waals surface area (Å²) in [5.74, 6) is 0. The van der Waals surface area contributed by atoms with E-state index < -0.39 is 10.0 Å². The van der Waals surface area contributed by atoms with Crippen LogP contribution in [0.25, 0.3) is 10.9 Å². The third-order valence-corrected chi connectivity index (χ3v) is 5.49. The SMILES string of the molecule is Cc1ccc(S(=O)(=O)NCCc2c[nH]c3cccc(C)c23)cc1. The lowest BCUT2D eigenvalue weighted by molar-refractivity contribution is 0.581. The smallest absolute Gasteiger partial charge is 0.240 e. The average molecular weight is 328 g/mol. The van der Waals surface area contributed by atoms with Gasteiger partial charge in [-0.3, -0.25) is 0 Å². The van der Waals surface area contributed by atoms with Crippen molar-refractivity contribution >= 4 is 20.9 Å². The van der Waals surface area contributed by atoms with Gasteiger partial charge in [0.05, 0.1) is 4.90 Å². The zero-order valence-electron chi connectivity index (χ0n) is 13.3. The number of aromatic nitrogens is 1. The molecule has 0 atom stereocenters. The highest BCUT2D eigenvalue weighted by molar-refractivity contribution is 7.89. The fraction of sp³-hybridized carbons (Fsp3) is 0.222. The minimum atomic E-state index is -3.45. The van der Waals surface area contributed by atoms with E-state index in [-0.39, 0.29) is 0 Å². The summed E-state index contributed by atoms with van der Waals surface area (Å²) in [7, 11) is -3.45. The molecular weight excluding hydrogens is 308 g/mol. The summed E-state index contributed by atoms with van der Waals surface area (Å²) in [5, 5.41) is 1.18. The van der Waals surface area contributed by atoms with Crippen LogP contribution < -0.4 is 4.72 Å². The van der Waals surface area contributed by atoms with Crippen molar-refractivity contribution in [2.45, 2.75) is 25.2 Å². The number of rotatable bonds is 5. The minimum absolute atomic E-state index is 0.304. The first-order chi connectivity index (χ1) is 11.0. The number of nitrogens with one attached hydrogen (secondary N) is 2. The normalized spacial score (nSPS) is 11.9. The Kier molecular flexibility index (Phi) is 4.24. The second-order valence-corrected chi connectivity index (χ2v) is 7.54. The topological polar surface area (TPSA) is 62.0 Å². The van der Waals surface area contributed by atoms with Crippen LogP contribution in [0.1, 0.15) is 16.7 Å². The predicted octanol–water partition coefficient (Wildman–Crippen LogP) is 3.31. The Balaban J connectivity index is 1.72. The van der Waals surface area contributed by atoms with Crippen LogP contribution >= 0.6 is 0 Å². The molecule has 2 aromatic carbocycles. The summed E-state index contributed by atoms with van der Waals surface area (Å²) in [5.41, 5.74) is 4.45. The molecule has 0 bridgehead atoms. The molecule has 0 aliphatic carbocycles. The van der Waals surface area contributed by atoms with Crippen molar-refractivity contribution in [1.29, 1.82) is 0 Å². The van der Waals surface area contributed by atoms with E-state index in [1.807, 2.05) is 25.3 Å². The molecule has 0 spiro atoms. The number of benzene rings is 2. The van der Waals surface area contributed by atoms with Crippen molar-refractivity contribution in [1.82, 2.24) is 9.71 Å². The summed E-state index contributed by atoms with van der Waals surface area (Å²) >= 11 is 0. The second kappa shape index (κ2) is 6.18. The Morgan fingerprint density at radius 3 is 2.52 bits per heavy atom. The van der Waals surface area contributed by atoms with Crippen molar-refractivity contribution in [3.05, 3.63) is 65.4 Å². The van der Waals surface area contributed by atoms with Gasteiger partial charge in [-0.1, -0.05) is 29.8 Å². The Bertz CT molecular complexity index is 925. The minimum Gasteiger partial charge on any atom is -0.361 e. The van der Waals surface area contributed by atoms with Gasteiger partial charge in [-0.25, -0.2) is 13.1 Å². The van der Waals surface area contributed by atoms with Crippen molar-refractivity contribution in [2.75, 3.05) is 6.54 Å². The highest BCUT2D eigenvalue weighted by atomic mass is 32.2. The molecule has 0 aliphatic heterocycles. The van der Waals surface area contributed by atoms with Gasteiger partial charge < -0.3 is 4.98 Å². The van der Waals surface area contributed by atoms with Crippen LogP contribution in [0.15, 0.2) is 53.6 Å². The molecule has 2 N–H and O–H groups in total. The molecule has 23 heavy (non-hydrogen) atoms. The molecule has 0 saturated carbocycles. The fourth-order valence-electron chi connectivity index (χ4n) is 2.77. The summed E-state index contributed by atoms with van der Waals surface area (Å²) in [4.78, 5) is 3.54.